The molecule has 0 saturated carbocycles. The molecule has 0 saturated heterocycles. The van der Waals surface area contributed by atoms with E-state index in [1.54, 1.807) is 0 Å². The van der Waals surface area contributed by atoms with Gasteiger partial charge in [-0.3, -0.25) is 4.98 Å². The van der Waals surface area contributed by atoms with E-state index in [4.69, 9.17) is 5.90 Å². The first-order chi connectivity index (χ1) is 5.74. The minimum Gasteiger partial charge on any atom is -0.304 e. The van der Waals surface area contributed by atoms with Crippen molar-refractivity contribution in [2.45, 2.75) is 19.8 Å². The van der Waals surface area contributed by atoms with Gasteiger partial charge < -0.3 is 4.84 Å². The van der Waals surface area contributed by atoms with Crippen LogP contribution in [0.5, 0.6) is 0 Å². The molecule has 1 heterocycles. The summed E-state index contributed by atoms with van der Waals surface area (Å²) < 4.78 is 0. The van der Waals surface area contributed by atoms with Crippen molar-refractivity contribution in [1.29, 1.82) is 0 Å². The highest BCUT2D eigenvalue weighted by Crippen LogP contribution is 2.11. The Bertz CT molecular complexity index is 250. The minimum atomic E-state index is 0.259. The van der Waals surface area contributed by atoms with Crippen molar-refractivity contribution in [3.8, 4) is 0 Å². The lowest BCUT2D eigenvalue weighted by molar-refractivity contribution is 0.126. The van der Waals surface area contributed by atoms with Crippen LogP contribution >= 0.6 is 0 Å². The summed E-state index contributed by atoms with van der Waals surface area (Å²) in [6.07, 6.45) is 0. The number of pyridine rings is 1. The van der Waals surface area contributed by atoms with Crippen molar-refractivity contribution in [2.75, 3.05) is 6.61 Å². The molecule has 3 heteroatoms. The van der Waals surface area contributed by atoms with E-state index in [1.165, 1.54) is 0 Å². The summed E-state index contributed by atoms with van der Waals surface area (Å²) in [7, 11) is 0. The highest BCUT2D eigenvalue weighted by molar-refractivity contribution is 5.13. The Hall–Kier alpha value is -0.930. The molecule has 0 bridgehead atoms. The number of aromatic nitrogens is 1. The molecule has 2 N–H and O–H groups in total. The van der Waals surface area contributed by atoms with Gasteiger partial charge in [-0.25, -0.2) is 5.90 Å². The molecule has 0 aliphatic rings. The first-order valence-corrected chi connectivity index (χ1v) is 3.99. The fraction of sp³-hybridized carbons (Fsp3) is 0.444. The average molecular weight is 166 g/mol. The van der Waals surface area contributed by atoms with Gasteiger partial charge in [0.2, 0.25) is 0 Å². The third-order valence-electron chi connectivity index (χ3n) is 1.76. The van der Waals surface area contributed by atoms with Crippen molar-refractivity contribution < 1.29 is 4.84 Å². The molecule has 1 aromatic heterocycles. The maximum atomic E-state index is 4.98. The molecule has 1 unspecified atom stereocenters. The van der Waals surface area contributed by atoms with E-state index >= 15 is 0 Å². The second-order valence-electron chi connectivity index (χ2n) is 2.94. The second-order valence-corrected chi connectivity index (χ2v) is 2.94. The van der Waals surface area contributed by atoms with E-state index in [9.17, 15) is 0 Å². The molecule has 1 aromatic rings. The molecule has 1 atom stereocenters. The normalized spacial score (nSPS) is 12.9. The highest BCUT2D eigenvalue weighted by Gasteiger charge is 2.05. The molecular formula is C9H14N2O. The van der Waals surface area contributed by atoms with Crippen LogP contribution in [0.3, 0.4) is 0 Å². The molecule has 0 fully saturated rings. The summed E-state index contributed by atoms with van der Waals surface area (Å²) in [5.41, 5.74) is 2.05. The van der Waals surface area contributed by atoms with Gasteiger partial charge in [-0.15, -0.1) is 0 Å². The van der Waals surface area contributed by atoms with Gasteiger partial charge in [-0.1, -0.05) is 13.0 Å². The molecule has 0 radical (unpaired) electrons. The predicted octanol–water partition coefficient (Wildman–Crippen LogP) is 1.38. The van der Waals surface area contributed by atoms with Crippen LogP contribution in [0.1, 0.15) is 24.2 Å². The van der Waals surface area contributed by atoms with Crippen LogP contribution in [0.2, 0.25) is 0 Å². The quantitative estimate of drug-likeness (QED) is 0.690. The standard InChI is InChI=1S/C9H14N2O/c1-7(6-12-10)9-5-3-4-8(2)11-9/h3-5,7H,6,10H2,1-2H3. The largest absolute Gasteiger partial charge is 0.304 e. The maximum absolute atomic E-state index is 4.98. The Morgan fingerprint density at radius 3 is 2.92 bits per heavy atom. The van der Waals surface area contributed by atoms with Gasteiger partial charge in [0.15, 0.2) is 0 Å². The van der Waals surface area contributed by atoms with Crippen molar-refractivity contribution >= 4 is 0 Å². The predicted molar refractivity (Wildman–Crippen MR) is 47.5 cm³/mol. The molecule has 0 aromatic carbocycles. The fourth-order valence-electron chi connectivity index (χ4n) is 1.07. The van der Waals surface area contributed by atoms with Crippen molar-refractivity contribution in [3.63, 3.8) is 0 Å². The van der Waals surface area contributed by atoms with Gasteiger partial charge in [0.25, 0.3) is 0 Å². The van der Waals surface area contributed by atoms with Crippen molar-refractivity contribution in [1.82, 2.24) is 4.98 Å². The Balaban J connectivity index is 2.73. The molecule has 0 spiro atoms. The number of hydrogen-bond donors (Lipinski definition) is 1. The van der Waals surface area contributed by atoms with Crippen LogP contribution in [0.15, 0.2) is 18.2 Å². The highest BCUT2D eigenvalue weighted by atomic mass is 16.6. The smallest absolute Gasteiger partial charge is 0.0760 e. The van der Waals surface area contributed by atoms with E-state index in [0.717, 1.165) is 11.4 Å². The lowest BCUT2D eigenvalue weighted by Gasteiger charge is -2.08. The number of hydrogen-bond acceptors (Lipinski definition) is 3. The van der Waals surface area contributed by atoms with Crippen LogP contribution in [-0.4, -0.2) is 11.6 Å². The average Bonchev–Trinajstić information content (AvgIpc) is 2.05. The van der Waals surface area contributed by atoms with Gasteiger partial charge in [-0.05, 0) is 19.1 Å². The molecular weight excluding hydrogens is 152 g/mol. The van der Waals surface area contributed by atoms with Crippen LogP contribution in [0, 0.1) is 6.92 Å². The van der Waals surface area contributed by atoms with Crippen LogP contribution < -0.4 is 5.90 Å². The minimum absolute atomic E-state index is 0.259. The molecule has 1 rings (SSSR count). The van der Waals surface area contributed by atoms with Gasteiger partial charge in [0.05, 0.1) is 6.61 Å². The Morgan fingerprint density at radius 2 is 2.33 bits per heavy atom. The van der Waals surface area contributed by atoms with Gasteiger partial charge in [0.1, 0.15) is 0 Å². The Labute approximate surface area is 72.5 Å². The van der Waals surface area contributed by atoms with E-state index in [0.29, 0.717) is 6.61 Å². The molecule has 0 aliphatic heterocycles. The van der Waals surface area contributed by atoms with Crippen LogP contribution in [-0.2, 0) is 4.84 Å². The van der Waals surface area contributed by atoms with E-state index in [1.807, 2.05) is 32.0 Å². The van der Waals surface area contributed by atoms with Gasteiger partial charge in [0, 0.05) is 17.3 Å². The zero-order chi connectivity index (χ0) is 8.97. The third kappa shape index (κ3) is 2.29. The van der Waals surface area contributed by atoms with Crippen LogP contribution in [0.4, 0.5) is 0 Å². The summed E-state index contributed by atoms with van der Waals surface area (Å²) in [5.74, 6) is 5.24. The zero-order valence-electron chi connectivity index (χ0n) is 7.45. The second kappa shape index (κ2) is 4.18. The topological polar surface area (TPSA) is 48.1 Å². The number of nitrogens with zero attached hydrogens (tertiary/aromatic N) is 1. The van der Waals surface area contributed by atoms with E-state index < -0.39 is 0 Å². The first-order valence-electron chi connectivity index (χ1n) is 3.99. The monoisotopic (exact) mass is 166 g/mol. The summed E-state index contributed by atoms with van der Waals surface area (Å²) >= 11 is 0. The number of rotatable bonds is 3. The van der Waals surface area contributed by atoms with Gasteiger partial charge in [-0.2, -0.15) is 0 Å². The number of nitrogens with two attached hydrogens (primary N) is 1. The van der Waals surface area contributed by atoms with Crippen LogP contribution in [0.25, 0.3) is 0 Å². The van der Waals surface area contributed by atoms with Crippen molar-refractivity contribution in [3.05, 3.63) is 29.6 Å². The summed E-state index contributed by atoms with van der Waals surface area (Å²) in [5, 5.41) is 0. The van der Waals surface area contributed by atoms with E-state index in [-0.39, 0.29) is 5.92 Å². The molecule has 0 aliphatic carbocycles. The van der Waals surface area contributed by atoms with Crippen molar-refractivity contribution in [2.24, 2.45) is 5.90 Å². The third-order valence-corrected chi connectivity index (χ3v) is 1.76. The van der Waals surface area contributed by atoms with Gasteiger partial charge >= 0.3 is 0 Å². The maximum Gasteiger partial charge on any atom is 0.0760 e. The SMILES string of the molecule is Cc1cccc(C(C)CON)n1. The summed E-state index contributed by atoms with van der Waals surface area (Å²) in [4.78, 5) is 8.91. The molecule has 66 valence electrons. The lowest BCUT2D eigenvalue weighted by Crippen LogP contribution is -2.09. The Kier molecular flexibility index (Phi) is 3.19. The lowest BCUT2D eigenvalue weighted by atomic mass is 10.1. The molecule has 3 nitrogen and oxygen atoms in total. The molecule has 12 heavy (non-hydrogen) atoms. The van der Waals surface area contributed by atoms with E-state index in [2.05, 4.69) is 9.82 Å². The number of aryl methyl sites for hydroxylation is 1. The Morgan fingerprint density at radius 1 is 1.58 bits per heavy atom. The molecule has 0 amide bonds. The summed E-state index contributed by atoms with van der Waals surface area (Å²) in [6.45, 7) is 4.52. The summed E-state index contributed by atoms with van der Waals surface area (Å²) in [6, 6.07) is 5.95. The first kappa shape index (κ1) is 9.16. The fourth-order valence-corrected chi connectivity index (χ4v) is 1.07. The zero-order valence-corrected chi connectivity index (χ0v) is 7.45.